The summed E-state index contributed by atoms with van der Waals surface area (Å²) in [6.07, 6.45) is 1.64. The van der Waals surface area contributed by atoms with Gasteiger partial charge in [0.2, 0.25) is 5.91 Å². The van der Waals surface area contributed by atoms with Crippen molar-refractivity contribution in [3.05, 3.63) is 17.7 Å². The van der Waals surface area contributed by atoms with E-state index in [0.29, 0.717) is 6.54 Å². The predicted octanol–water partition coefficient (Wildman–Crippen LogP) is -0.392. The maximum absolute atomic E-state index is 11.3. The maximum atomic E-state index is 11.3. The summed E-state index contributed by atoms with van der Waals surface area (Å²) in [7, 11) is 0. The van der Waals surface area contributed by atoms with Crippen molar-refractivity contribution < 1.29 is 9.90 Å². The Morgan fingerprint density at radius 3 is 2.86 bits per heavy atom. The molecule has 1 heterocycles. The van der Waals surface area contributed by atoms with Gasteiger partial charge in [0.25, 0.3) is 0 Å². The third kappa shape index (κ3) is 2.56. The highest BCUT2D eigenvalue weighted by molar-refractivity contribution is 5.75. The molecule has 1 rings (SSSR count). The zero-order chi connectivity index (χ0) is 10.6. The highest BCUT2D eigenvalue weighted by Gasteiger charge is 2.05. The first kappa shape index (κ1) is 10.7. The van der Waals surface area contributed by atoms with E-state index in [1.165, 1.54) is 0 Å². The van der Waals surface area contributed by atoms with Gasteiger partial charge in [-0.25, -0.2) is 4.98 Å². The molecule has 78 valence electrons. The van der Waals surface area contributed by atoms with Crippen molar-refractivity contribution in [2.75, 3.05) is 13.2 Å². The number of amides is 1. The van der Waals surface area contributed by atoms with Crippen LogP contribution in [0.1, 0.15) is 11.4 Å². The van der Waals surface area contributed by atoms with Crippen molar-refractivity contribution in [2.24, 2.45) is 0 Å². The van der Waals surface area contributed by atoms with Crippen molar-refractivity contribution in [1.82, 2.24) is 14.9 Å². The Bertz CT molecular complexity index is 320. The lowest BCUT2D eigenvalue weighted by molar-refractivity contribution is -0.121. The molecule has 0 aliphatic carbocycles. The predicted molar refractivity (Wildman–Crippen MR) is 51.8 cm³/mol. The van der Waals surface area contributed by atoms with Crippen molar-refractivity contribution in [1.29, 1.82) is 0 Å². The number of aryl methyl sites for hydroxylation is 1. The van der Waals surface area contributed by atoms with Crippen LogP contribution in [-0.4, -0.2) is 33.7 Å². The highest BCUT2D eigenvalue weighted by Crippen LogP contribution is 2.03. The van der Waals surface area contributed by atoms with E-state index in [9.17, 15) is 4.79 Å². The average molecular weight is 197 g/mol. The lowest BCUT2D eigenvalue weighted by atomic mass is 10.4. The Morgan fingerprint density at radius 2 is 2.36 bits per heavy atom. The van der Waals surface area contributed by atoms with Gasteiger partial charge in [-0.1, -0.05) is 0 Å². The second kappa shape index (κ2) is 4.76. The van der Waals surface area contributed by atoms with Gasteiger partial charge < -0.3 is 15.0 Å². The molecule has 0 spiro atoms. The summed E-state index contributed by atoms with van der Waals surface area (Å²) >= 11 is 0. The first-order chi connectivity index (χ1) is 6.65. The molecule has 0 atom stereocenters. The van der Waals surface area contributed by atoms with Crippen LogP contribution < -0.4 is 5.32 Å². The molecule has 0 aromatic carbocycles. The summed E-state index contributed by atoms with van der Waals surface area (Å²) in [6.45, 7) is 4.34. The molecule has 2 N–H and O–H groups in total. The molecular formula is C9H15N3O2. The summed E-state index contributed by atoms with van der Waals surface area (Å²) in [5.41, 5.74) is 1.92. The van der Waals surface area contributed by atoms with Crippen LogP contribution in [0, 0.1) is 13.8 Å². The Balaban J connectivity index is 2.52. The fourth-order valence-corrected chi connectivity index (χ4v) is 1.11. The van der Waals surface area contributed by atoms with Gasteiger partial charge in [-0.2, -0.15) is 0 Å². The highest BCUT2D eigenvalue weighted by atomic mass is 16.3. The zero-order valence-corrected chi connectivity index (χ0v) is 8.45. The number of hydrogen-bond donors (Lipinski definition) is 2. The van der Waals surface area contributed by atoms with Crippen LogP contribution in [-0.2, 0) is 11.3 Å². The third-order valence-corrected chi connectivity index (χ3v) is 2.09. The van der Waals surface area contributed by atoms with Gasteiger partial charge >= 0.3 is 0 Å². The number of nitrogens with zero attached hydrogens (tertiary/aromatic N) is 2. The molecule has 5 nitrogen and oxygen atoms in total. The lowest BCUT2D eigenvalue weighted by Gasteiger charge is -2.05. The molecule has 1 aromatic heterocycles. The molecule has 5 heteroatoms. The molecule has 0 aliphatic heterocycles. The monoisotopic (exact) mass is 197 g/mol. The minimum absolute atomic E-state index is 0.0340. The number of imidazole rings is 1. The molecule has 14 heavy (non-hydrogen) atoms. The van der Waals surface area contributed by atoms with Gasteiger partial charge in [-0.15, -0.1) is 0 Å². The first-order valence-corrected chi connectivity index (χ1v) is 4.51. The SMILES string of the molecule is Cc1ncn(CC(=O)NCCO)c1C. The first-order valence-electron chi connectivity index (χ1n) is 4.51. The smallest absolute Gasteiger partial charge is 0.240 e. The average Bonchev–Trinajstić information content (AvgIpc) is 2.46. The molecule has 1 aromatic rings. The number of aromatic nitrogens is 2. The van der Waals surface area contributed by atoms with Crippen LogP contribution in [0.15, 0.2) is 6.33 Å². The number of aliphatic hydroxyl groups excluding tert-OH is 1. The van der Waals surface area contributed by atoms with E-state index in [1.54, 1.807) is 10.9 Å². The Hall–Kier alpha value is -1.36. The zero-order valence-electron chi connectivity index (χ0n) is 8.45. The summed E-state index contributed by atoms with van der Waals surface area (Å²) in [5.74, 6) is -0.112. The quantitative estimate of drug-likeness (QED) is 0.690. The standard InChI is InChI=1S/C9H15N3O2/c1-7-8(2)12(6-11-7)5-9(14)10-3-4-13/h6,13H,3-5H2,1-2H3,(H,10,14). The molecule has 1 amide bonds. The van der Waals surface area contributed by atoms with Crippen LogP contribution in [0.2, 0.25) is 0 Å². The third-order valence-electron chi connectivity index (χ3n) is 2.09. The van der Waals surface area contributed by atoms with Crippen molar-refractivity contribution in [3.63, 3.8) is 0 Å². The van der Waals surface area contributed by atoms with Gasteiger partial charge in [0, 0.05) is 12.2 Å². The van der Waals surface area contributed by atoms with Crippen molar-refractivity contribution >= 4 is 5.91 Å². The Morgan fingerprint density at radius 1 is 1.64 bits per heavy atom. The second-order valence-corrected chi connectivity index (χ2v) is 3.12. The molecular weight excluding hydrogens is 182 g/mol. The summed E-state index contributed by atoms with van der Waals surface area (Å²) < 4.78 is 1.78. The fraction of sp³-hybridized carbons (Fsp3) is 0.556. The van der Waals surface area contributed by atoms with Crippen molar-refractivity contribution in [2.45, 2.75) is 20.4 Å². The minimum atomic E-state index is -0.112. The van der Waals surface area contributed by atoms with Crippen molar-refractivity contribution in [3.8, 4) is 0 Å². The van der Waals surface area contributed by atoms with Gasteiger partial charge in [0.15, 0.2) is 0 Å². The molecule has 0 radical (unpaired) electrons. The number of rotatable bonds is 4. The molecule has 0 aliphatic rings. The number of hydrogen-bond acceptors (Lipinski definition) is 3. The molecule has 0 saturated carbocycles. The van der Waals surface area contributed by atoms with Gasteiger partial charge in [0.1, 0.15) is 6.54 Å². The molecule has 0 bridgehead atoms. The lowest BCUT2D eigenvalue weighted by Crippen LogP contribution is -2.30. The summed E-state index contributed by atoms with van der Waals surface area (Å²) in [4.78, 5) is 15.3. The van der Waals surface area contributed by atoms with Crippen LogP contribution in [0.3, 0.4) is 0 Å². The maximum Gasteiger partial charge on any atom is 0.240 e. The van der Waals surface area contributed by atoms with Crippen LogP contribution in [0.5, 0.6) is 0 Å². The number of aliphatic hydroxyl groups is 1. The number of nitrogens with one attached hydrogen (secondary N) is 1. The Labute approximate surface area is 82.8 Å². The molecule has 0 saturated heterocycles. The topological polar surface area (TPSA) is 67.2 Å². The second-order valence-electron chi connectivity index (χ2n) is 3.12. The van der Waals surface area contributed by atoms with Crippen LogP contribution in [0.25, 0.3) is 0 Å². The van der Waals surface area contributed by atoms with E-state index in [4.69, 9.17) is 5.11 Å². The number of carbonyl (C=O) groups excluding carboxylic acids is 1. The van der Waals surface area contributed by atoms with Gasteiger partial charge in [0.05, 0.1) is 18.6 Å². The number of carbonyl (C=O) groups is 1. The van der Waals surface area contributed by atoms with E-state index < -0.39 is 0 Å². The van der Waals surface area contributed by atoms with E-state index >= 15 is 0 Å². The fourth-order valence-electron chi connectivity index (χ4n) is 1.11. The van der Waals surface area contributed by atoms with E-state index in [1.807, 2.05) is 13.8 Å². The normalized spacial score (nSPS) is 10.2. The van der Waals surface area contributed by atoms with E-state index in [0.717, 1.165) is 11.4 Å². The van der Waals surface area contributed by atoms with Crippen LogP contribution >= 0.6 is 0 Å². The summed E-state index contributed by atoms with van der Waals surface area (Å²) in [5, 5.41) is 11.1. The largest absolute Gasteiger partial charge is 0.395 e. The summed E-state index contributed by atoms with van der Waals surface area (Å²) in [6, 6.07) is 0. The van der Waals surface area contributed by atoms with E-state index in [-0.39, 0.29) is 19.1 Å². The van der Waals surface area contributed by atoms with Gasteiger partial charge in [-0.3, -0.25) is 4.79 Å². The van der Waals surface area contributed by atoms with Crippen LogP contribution in [0.4, 0.5) is 0 Å². The molecule has 0 unspecified atom stereocenters. The van der Waals surface area contributed by atoms with E-state index in [2.05, 4.69) is 10.3 Å². The Kier molecular flexibility index (Phi) is 3.64. The van der Waals surface area contributed by atoms with Gasteiger partial charge in [-0.05, 0) is 13.8 Å². The molecule has 0 fully saturated rings. The minimum Gasteiger partial charge on any atom is -0.395 e.